The van der Waals surface area contributed by atoms with Gasteiger partial charge in [0.15, 0.2) is 6.04 Å². The van der Waals surface area contributed by atoms with Crippen molar-refractivity contribution in [3.05, 3.63) is 12.7 Å². The number of amides is 2. The summed E-state index contributed by atoms with van der Waals surface area (Å²) in [5, 5.41) is 11.4. The summed E-state index contributed by atoms with van der Waals surface area (Å²) in [6.07, 6.45) is 4.61. The topological polar surface area (TPSA) is 95.9 Å². The fraction of sp³-hybridized carbons (Fsp3) is 0.643. The molecule has 2 amide bonds. The van der Waals surface area contributed by atoms with Crippen LogP contribution in [0, 0.1) is 0 Å². The monoisotopic (exact) mass is 298 g/mol. The molecule has 7 nitrogen and oxygen atoms in total. The van der Waals surface area contributed by atoms with E-state index in [0.717, 1.165) is 19.3 Å². The number of nitrogens with one attached hydrogen (secondary N) is 1. The molecule has 1 aliphatic heterocycles. The van der Waals surface area contributed by atoms with Crippen LogP contribution in [0.1, 0.15) is 25.7 Å². The summed E-state index contributed by atoms with van der Waals surface area (Å²) in [5.41, 5.74) is 0. The predicted octanol–water partition coefficient (Wildman–Crippen LogP) is 0.161. The minimum atomic E-state index is -1.17. The number of carbonyl (C=O) groups is 3. The molecule has 0 aromatic heterocycles. The lowest BCUT2D eigenvalue weighted by atomic mass is 10.2. The number of nitrogens with zero attached hydrogens (tertiary/aromatic N) is 1. The molecule has 0 aliphatic carbocycles. The van der Waals surface area contributed by atoms with Crippen LogP contribution in [0.25, 0.3) is 0 Å². The molecule has 0 aromatic rings. The predicted molar refractivity (Wildman–Crippen MR) is 75.6 cm³/mol. The lowest BCUT2D eigenvalue weighted by Crippen LogP contribution is -2.48. The first-order chi connectivity index (χ1) is 10.0. The van der Waals surface area contributed by atoms with E-state index in [1.807, 2.05) is 0 Å². The maximum Gasteiger partial charge on any atom is 0.328 e. The van der Waals surface area contributed by atoms with Crippen molar-refractivity contribution in [1.29, 1.82) is 0 Å². The number of ether oxygens (including phenoxy) is 1. The Hall–Kier alpha value is -1.89. The Bertz CT molecular complexity index is 397. The Morgan fingerprint density at radius 3 is 2.86 bits per heavy atom. The second-order valence-electron chi connectivity index (χ2n) is 4.91. The van der Waals surface area contributed by atoms with Crippen LogP contribution in [-0.2, 0) is 19.1 Å². The van der Waals surface area contributed by atoms with Gasteiger partial charge < -0.3 is 20.1 Å². The van der Waals surface area contributed by atoms with Gasteiger partial charge in [0.2, 0.25) is 11.8 Å². The van der Waals surface area contributed by atoms with Crippen LogP contribution in [0.4, 0.5) is 0 Å². The summed E-state index contributed by atoms with van der Waals surface area (Å²) >= 11 is 0. The van der Waals surface area contributed by atoms with E-state index in [-0.39, 0.29) is 25.7 Å². The van der Waals surface area contributed by atoms with E-state index >= 15 is 0 Å². The van der Waals surface area contributed by atoms with Crippen molar-refractivity contribution in [3.8, 4) is 0 Å². The molecule has 1 heterocycles. The van der Waals surface area contributed by atoms with Crippen LogP contribution >= 0.6 is 0 Å². The van der Waals surface area contributed by atoms with E-state index in [0.29, 0.717) is 13.0 Å². The molecule has 1 atom stereocenters. The van der Waals surface area contributed by atoms with Gasteiger partial charge in [0.1, 0.15) is 0 Å². The fourth-order valence-corrected chi connectivity index (χ4v) is 2.06. The first-order valence-electron chi connectivity index (χ1n) is 7.03. The van der Waals surface area contributed by atoms with Gasteiger partial charge in [0, 0.05) is 13.0 Å². The third-order valence-corrected chi connectivity index (χ3v) is 3.16. The molecule has 21 heavy (non-hydrogen) atoms. The number of aliphatic carboxylic acids is 1. The molecule has 0 aromatic carbocycles. The molecule has 1 rings (SSSR count). The van der Waals surface area contributed by atoms with Crippen molar-refractivity contribution in [2.45, 2.75) is 31.7 Å². The molecule has 1 fully saturated rings. The second kappa shape index (κ2) is 9.12. The Morgan fingerprint density at radius 1 is 1.43 bits per heavy atom. The first kappa shape index (κ1) is 17.2. The van der Waals surface area contributed by atoms with Crippen molar-refractivity contribution in [1.82, 2.24) is 10.2 Å². The minimum absolute atomic E-state index is 0.0579. The van der Waals surface area contributed by atoms with Crippen LogP contribution in [0.2, 0.25) is 0 Å². The average molecular weight is 298 g/mol. The molecular formula is C14H22N2O5. The standard InChI is InChI=1S/C14H22N2O5/c1-2-8-21-10-11(14(19)20)15-12(17)9-16-7-5-3-4-6-13(16)18/h2,11H,1,3-10H2,(H,15,17)(H,19,20). The molecule has 7 heteroatoms. The van der Waals surface area contributed by atoms with Crippen LogP contribution in [0.15, 0.2) is 12.7 Å². The molecule has 2 N–H and O–H groups in total. The van der Waals surface area contributed by atoms with Crippen LogP contribution < -0.4 is 5.32 Å². The lowest BCUT2D eigenvalue weighted by Gasteiger charge is -2.21. The summed E-state index contributed by atoms with van der Waals surface area (Å²) in [4.78, 5) is 36.2. The zero-order valence-electron chi connectivity index (χ0n) is 12.0. The zero-order chi connectivity index (χ0) is 15.7. The number of carboxylic acid groups (broad SMARTS) is 1. The summed E-state index contributed by atoms with van der Waals surface area (Å²) in [5.74, 6) is -1.72. The summed E-state index contributed by atoms with van der Waals surface area (Å²) < 4.78 is 5.04. The van der Waals surface area contributed by atoms with Gasteiger partial charge in [-0.2, -0.15) is 0 Å². The summed E-state index contributed by atoms with van der Waals surface area (Å²) in [6, 6.07) is -1.13. The largest absolute Gasteiger partial charge is 0.480 e. The number of hydrogen-bond acceptors (Lipinski definition) is 4. The normalized spacial score (nSPS) is 17.0. The molecule has 1 aliphatic rings. The van der Waals surface area contributed by atoms with Crippen LogP contribution in [-0.4, -0.2) is 60.1 Å². The molecule has 0 radical (unpaired) electrons. The van der Waals surface area contributed by atoms with Gasteiger partial charge in [-0.1, -0.05) is 12.5 Å². The van der Waals surface area contributed by atoms with E-state index in [1.165, 1.54) is 11.0 Å². The van der Waals surface area contributed by atoms with Crippen molar-refractivity contribution in [3.63, 3.8) is 0 Å². The lowest BCUT2D eigenvalue weighted by molar-refractivity contribution is -0.144. The van der Waals surface area contributed by atoms with Gasteiger partial charge in [-0.15, -0.1) is 6.58 Å². The average Bonchev–Trinajstić information content (AvgIpc) is 2.63. The number of hydrogen-bond donors (Lipinski definition) is 2. The third-order valence-electron chi connectivity index (χ3n) is 3.16. The quantitative estimate of drug-likeness (QED) is 0.491. The zero-order valence-corrected chi connectivity index (χ0v) is 12.0. The Balaban J connectivity index is 2.46. The summed E-state index contributed by atoms with van der Waals surface area (Å²) in [7, 11) is 0. The van der Waals surface area contributed by atoms with Gasteiger partial charge >= 0.3 is 5.97 Å². The first-order valence-corrected chi connectivity index (χ1v) is 7.03. The maximum atomic E-state index is 11.9. The molecule has 1 unspecified atom stereocenters. The Morgan fingerprint density at radius 2 is 2.19 bits per heavy atom. The fourth-order valence-electron chi connectivity index (χ4n) is 2.06. The Kier molecular flexibility index (Phi) is 7.45. The highest BCUT2D eigenvalue weighted by Gasteiger charge is 2.23. The molecule has 0 saturated carbocycles. The molecule has 0 bridgehead atoms. The van der Waals surface area contributed by atoms with Gasteiger partial charge in [-0.05, 0) is 12.8 Å². The van der Waals surface area contributed by atoms with Crippen LogP contribution in [0.5, 0.6) is 0 Å². The number of carboxylic acids is 1. The second-order valence-corrected chi connectivity index (χ2v) is 4.91. The van der Waals surface area contributed by atoms with Gasteiger partial charge in [-0.3, -0.25) is 9.59 Å². The van der Waals surface area contributed by atoms with Crippen molar-refractivity contribution in [2.75, 3.05) is 26.3 Å². The third kappa shape index (κ3) is 6.40. The summed E-state index contributed by atoms with van der Waals surface area (Å²) in [6.45, 7) is 3.96. The maximum absolute atomic E-state index is 11.9. The Labute approximate surface area is 123 Å². The molecule has 1 saturated heterocycles. The highest BCUT2D eigenvalue weighted by Crippen LogP contribution is 2.10. The highest BCUT2D eigenvalue weighted by atomic mass is 16.5. The minimum Gasteiger partial charge on any atom is -0.480 e. The highest BCUT2D eigenvalue weighted by molar-refractivity contribution is 5.88. The van der Waals surface area contributed by atoms with Crippen molar-refractivity contribution >= 4 is 17.8 Å². The van der Waals surface area contributed by atoms with Crippen molar-refractivity contribution < 1.29 is 24.2 Å². The van der Waals surface area contributed by atoms with E-state index in [4.69, 9.17) is 9.84 Å². The SMILES string of the molecule is C=CCOCC(NC(=O)CN1CCCCCC1=O)C(=O)O. The van der Waals surface area contributed by atoms with Crippen LogP contribution in [0.3, 0.4) is 0 Å². The van der Waals surface area contributed by atoms with Crippen molar-refractivity contribution in [2.24, 2.45) is 0 Å². The molecular weight excluding hydrogens is 276 g/mol. The van der Waals surface area contributed by atoms with E-state index in [2.05, 4.69) is 11.9 Å². The van der Waals surface area contributed by atoms with Gasteiger partial charge in [0.25, 0.3) is 0 Å². The number of likely N-dealkylation sites (tertiary alicyclic amines) is 1. The smallest absolute Gasteiger partial charge is 0.328 e. The molecule has 118 valence electrons. The van der Waals surface area contributed by atoms with E-state index in [9.17, 15) is 14.4 Å². The number of rotatable bonds is 8. The number of carbonyl (C=O) groups excluding carboxylic acids is 2. The van der Waals surface area contributed by atoms with E-state index < -0.39 is 17.9 Å². The van der Waals surface area contributed by atoms with Gasteiger partial charge in [-0.25, -0.2) is 4.79 Å². The van der Waals surface area contributed by atoms with Gasteiger partial charge in [0.05, 0.1) is 19.8 Å². The molecule has 0 spiro atoms. The van der Waals surface area contributed by atoms with E-state index in [1.54, 1.807) is 0 Å².